The first-order chi connectivity index (χ1) is 8.13. The van der Waals surface area contributed by atoms with Crippen molar-refractivity contribution in [3.63, 3.8) is 0 Å². The van der Waals surface area contributed by atoms with Crippen molar-refractivity contribution in [2.45, 2.75) is 46.6 Å². The molecule has 0 fully saturated rings. The van der Waals surface area contributed by atoms with E-state index in [9.17, 15) is 4.79 Å². The number of aryl methyl sites for hydroxylation is 2. The summed E-state index contributed by atoms with van der Waals surface area (Å²) in [6.07, 6.45) is 3.34. The molecule has 0 bridgehead atoms. The van der Waals surface area contributed by atoms with Crippen molar-refractivity contribution in [2.24, 2.45) is 0 Å². The van der Waals surface area contributed by atoms with Gasteiger partial charge in [-0.3, -0.25) is 9.36 Å². The Morgan fingerprint density at radius 1 is 1.35 bits per heavy atom. The second-order valence-electron chi connectivity index (χ2n) is 4.54. The molecule has 0 radical (unpaired) electrons. The van der Waals surface area contributed by atoms with Crippen molar-refractivity contribution < 1.29 is 0 Å². The lowest BCUT2D eigenvalue weighted by molar-refractivity contribution is 0.570. The van der Waals surface area contributed by atoms with Crippen LogP contribution in [0.1, 0.15) is 37.7 Å². The molecule has 0 unspecified atom stereocenters. The summed E-state index contributed by atoms with van der Waals surface area (Å²) in [6.45, 7) is 6.76. The molecule has 4 nitrogen and oxygen atoms in total. The summed E-state index contributed by atoms with van der Waals surface area (Å²) in [4.78, 5) is 19.8. The average molecular weight is 233 g/mol. The average Bonchev–Trinajstić information content (AvgIpc) is 2.64. The van der Waals surface area contributed by atoms with E-state index in [0.29, 0.717) is 11.0 Å². The minimum atomic E-state index is 0.0768. The van der Waals surface area contributed by atoms with Crippen LogP contribution >= 0.6 is 0 Å². The predicted molar refractivity (Wildman–Crippen MR) is 69.4 cm³/mol. The molecule has 0 amide bonds. The van der Waals surface area contributed by atoms with Crippen molar-refractivity contribution in [3.8, 4) is 0 Å². The molecular formula is C13H19N3O. The fourth-order valence-electron chi connectivity index (χ4n) is 2.12. The first-order valence-electron chi connectivity index (χ1n) is 6.20. The van der Waals surface area contributed by atoms with E-state index in [1.807, 2.05) is 19.9 Å². The van der Waals surface area contributed by atoms with E-state index >= 15 is 0 Å². The highest BCUT2D eigenvalue weighted by Gasteiger charge is 2.09. The van der Waals surface area contributed by atoms with Gasteiger partial charge in [0.1, 0.15) is 11.5 Å². The second-order valence-corrected chi connectivity index (χ2v) is 4.54. The summed E-state index contributed by atoms with van der Waals surface area (Å²) < 4.78 is 1.78. The largest absolute Gasteiger partial charge is 0.343 e. The normalized spacial score (nSPS) is 11.2. The zero-order valence-corrected chi connectivity index (χ0v) is 10.7. The van der Waals surface area contributed by atoms with Crippen LogP contribution in [0, 0.1) is 13.8 Å². The van der Waals surface area contributed by atoms with Gasteiger partial charge in [0.2, 0.25) is 0 Å². The van der Waals surface area contributed by atoms with Gasteiger partial charge in [-0.2, -0.15) is 0 Å². The van der Waals surface area contributed by atoms with Crippen molar-refractivity contribution in [2.75, 3.05) is 0 Å². The third-order valence-electron chi connectivity index (χ3n) is 3.06. The third-order valence-corrected chi connectivity index (χ3v) is 3.06. The van der Waals surface area contributed by atoms with E-state index in [1.165, 1.54) is 0 Å². The molecule has 0 aliphatic carbocycles. The number of H-pyrrole nitrogens is 1. The number of aromatic nitrogens is 3. The van der Waals surface area contributed by atoms with E-state index in [0.717, 1.165) is 37.3 Å². The minimum Gasteiger partial charge on any atom is -0.343 e. The van der Waals surface area contributed by atoms with Gasteiger partial charge in [0.05, 0.1) is 5.39 Å². The van der Waals surface area contributed by atoms with E-state index < -0.39 is 0 Å². The smallest absolute Gasteiger partial charge is 0.263 e. The lowest BCUT2D eigenvalue weighted by Crippen LogP contribution is -2.23. The molecular weight excluding hydrogens is 214 g/mol. The van der Waals surface area contributed by atoms with Crippen LogP contribution in [0.2, 0.25) is 0 Å². The van der Waals surface area contributed by atoms with Gasteiger partial charge in [-0.1, -0.05) is 19.8 Å². The monoisotopic (exact) mass is 233 g/mol. The van der Waals surface area contributed by atoms with Gasteiger partial charge >= 0.3 is 0 Å². The molecule has 1 N–H and O–H groups in total. The lowest BCUT2D eigenvalue weighted by Gasteiger charge is -2.08. The highest BCUT2D eigenvalue weighted by Crippen LogP contribution is 2.09. The summed E-state index contributed by atoms with van der Waals surface area (Å²) in [5.41, 5.74) is 1.76. The summed E-state index contributed by atoms with van der Waals surface area (Å²) in [5, 5.41) is 0.699. The van der Waals surface area contributed by atoms with Gasteiger partial charge in [0, 0.05) is 12.2 Å². The second kappa shape index (κ2) is 4.73. The van der Waals surface area contributed by atoms with E-state index in [2.05, 4.69) is 16.9 Å². The Morgan fingerprint density at radius 3 is 2.82 bits per heavy atom. The Kier molecular flexibility index (Phi) is 3.31. The van der Waals surface area contributed by atoms with Crippen molar-refractivity contribution in [1.82, 2.24) is 14.5 Å². The Bertz CT molecular complexity index is 580. The van der Waals surface area contributed by atoms with Crippen LogP contribution in [-0.4, -0.2) is 14.5 Å². The van der Waals surface area contributed by atoms with Crippen LogP contribution in [0.15, 0.2) is 10.9 Å². The molecule has 0 atom stereocenters. The maximum atomic E-state index is 12.3. The Morgan fingerprint density at radius 2 is 2.12 bits per heavy atom. The number of hydrogen-bond acceptors (Lipinski definition) is 2. The number of hydrogen-bond donors (Lipinski definition) is 1. The zero-order valence-electron chi connectivity index (χ0n) is 10.7. The van der Waals surface area contributed by atoms with Gasteiger partial charge in [-0.25, -0.2) is 4.98 Å². The van der Waals surface area contributed by atoms with Gasteiger partial charge in [0.15, 0.2) is 0 Å². The fraction of sp³-hybridized carbons (Fsp3) is 0.538. The molecule has 92 valence electrons. The molecule has 0 saturated heterocycles. The van der Waals surface area contributed by atoms with Crippen LogP contribution in [0.5, 0.6) is 0 Å². The molecule has 2 heterocycles. The van der Waals surface area contributed by atoms with Gasteiger partial charge in [0.25, 0.3) is 5.56 Å². The highest BCUT2D eigenvalue weighted by atomic mass is 16.1. The number of nitrogens with zero attached hydrogens (tertiary/aromatic N) is 2. The maximum Gasteiger partial charge on any atom is 0.263 e. The van der Waals surface area contributed by atoms with Gasteiger partial charge < -0.3 is 4.98 Å². The highest BCUT2D eigenvalue weighted by molar-refractivity contribution is 5.75. The molecule has 2 aromatic heterocycles. The fourth-order valence-corrected chi connectivity index (χ4v) is 2.12. The van der Waals surface area contributed by atoms with Gasteiger partial charge in [-0.05, 0) is 26.3 Å². The van der Waals surface area contributed by atoms with E-state index in [4.69, 9.17) is 0 Å². The van der Waals surface area contributed by atoms with Crippen LogP contribution < -0.4 is 5.56 Å². The Hall–Kier alpha value is -1.58. The molecule has 2 aromatic rings. The molecule has 0 saturated carbocycles. The van der Waals surface area contributed by atoms with Crippen molar-refractivity contribution in [1.29, 1.82) is 0 Å². The zero-order chi connectivity index (χ0) is 12.4. The SMILES string of the molecule is CCCCCn1c(C)nc2[nH]c(C)cc2c1=O. The van der Waals surface area contributed by atoms with Crippen LogP contribution in [-0.2, 0) is 6.54 Å². The van der Waals surface area contributed by atoms with E-state index in [-0.39, 0.29) is 5.56 Å². The van der Waals surface area contributed by atoms with Crippen LogP contribution in [0.25, 0.3) is 11.0 Å². The molecule has 0 aliphatic rings. The van der Waals surface area contributed by atoms with E-state index in [1.54, 1.807) is 4.57 Å². The summed E-state index contributed by atoms with van der Waals surface area (Å²) in [5.74, 6) is 0.792. The van der Waals surface area contributed by atoms with Crippen LogP contribution in [0.3, 0.4) is 0 Å². The molecule has 0 aromatic carbocycles. The summed E-state index contributed by atoms with van der Waals surface area (Å²) >= 11 is 0. The predicted octanol–water partition coefficient (Wildman–Crippen LogP) is 2.53. The number of rotatable bonds is 4. The maximum absolute atomic E-state index is 12.3. The van der Waals surface area contributed by atoms with Crippen molar-refractivity contribution >= 4 is 11.0 Å². The minimum absolute atomic E-state index is 0.0768. The molecule has 4 heteroatoms. The van der Waals surface area contributed by atoms with Crippen LogP contribution in [0.4, 0.5) is 0 Å². The molecule has 2 rings (SSSR count). The Labute approximate surface area is 101 Å². The molecule has 0 aliphatic heterocycles. The quantitative estimate of drug-likeness (QED) is 0.825. The third kappa shape index (κ3) is 2.25. The number of aromatic amines is 1. The standard InChI is InChI=1S/C13H19N3O/c1-4-5-6-7-16-10(3)15-12-11(13(16)17)8-9(2)14-12/h8,14H,4-7H2,1-3H3. The summed E-state index contributed by atoms with van der Waals surface area (Å²) in [6, 6.07) is 1.88. The number of fused-ring (bicyclic) bond motifs is 1. The summed E-state index contributed by atoms with van der Waals surface area (Å²) in [7, 11) is 0. The topological polar surface area (TPSA) is 50.7 Å². The number of nitrogens with one attached hydrogen (secondary N) is 1. The molecule has 17 heavy (non-hydrogen) atoms. The Balaban J connectivity index is 2.44. The lowest BCUT2D eigenvalue weighted by atomic mass is 10.2. The van der Waals surface area contributed by atoms with Crippen molar-refractivity contribution in [3.05, 3.63) is 27.9 Å². The molecule has 0 spiro atoms. The number of unbranched alkanes of at least 4 members (excludes halogenated alkanes) is 2. The first kappa shape index (κ1) is 11.9. The van der Waals surface area contributed by atoms with Gasteiger partial charge in [-0.15, -0.1) is 0 Å². The first-order valence-corrected chi connectivity index (χ1v) is 6.20.